The van der Waals surface area contributed by atoms with E-state index in [1.807, 2.05) is 13.8 Å². The number of nitrogens with one attached hydrogen (secondary N) is 2. The number of halogens is 1. The van der Waals surface area contributed by atoms with Crippen LogP contribution in [-0.4, -0.2) is 35.9 Å². The van der Waals surface area contributed by atoms with Crippen LogP contribution in [-0.2, 0) is 30.0 Å². The number of carbonyl (C=O) groups is 2. The van der Waals surface area contributed by atoms with Gasteiger partial charge in [0.25, 0.3) is 11.5 Å². The van der Waals surface area contributed by atoms with Crippen LogP contribution in [0.3, 0.4) is 0 Å². The van der Waals surface area contributed by atoms with Gasteiger partial charge in [-0.2, -0.15) is 0 Å². The quantitative estimate of drug-likeness (QED) is 0.489. The molecule has 4 rings (SSSR count). The molecule has 0 radical (unpaired) electrons. The Kier molecular flexibility index (Phi) is 6.11. The molecular formula is C23H27FN6O4. The number of H-pyrrole nitrogens is 1. The van der Waals surface area contributed by atoms with Gasteiger partial charge in [0.2, 0.25) is 0 Å². The first-order valence-corrected chi connectivity index (χ1v) is 11.4. The van der Waals surface area contributed by atoms with E-state index in [9.17, 15) is 23.6 Å². The van der Waals surface area contributed by atoms with Crippen LogP contribution in [0.4, 0.5) is 9.18 Å². The minimum Gasteiger partial charge on any atom is -0.321 e. The monoisotopic (exact) mass is 470 g/mol. The van der Waals surface area contributed by atoms with Gasteiger partial charge in [-0.25, -0.2) is 19.0 Å². The van der Waals surface area contributed by atoms with E-state index < -0.39 is 34.5 Å². The normalized spacial score (nSPS) is 18.2. The third kappa shape index (κ3) is 3.61. The zero-order valence-corrected chi connectivity index (χ0v) is 19.4. The number of aryl methyl sites for hydroxylation is 2. The van der Waals surface area contributed by atoms with E-state index in [0.29, 0.717) is 24.5 Å². The predicted molar refractivity (Wildman–Crippen MR) is 123 cm³/mol. The van der Waals surface area contributed by atoms with Crippen LogP contribution < -0.4 is 16.6 Å². The Labute approximate surface area is 194 Å². The standard InChI is InChI=1S/C23H27FN6O4/c1-4-7-12-29-18-17(19(31)26-21(29)33)28(6-3)16(25-18)13-30-20(32)23(5-2,27-22(30)34)14-8-10-15(24)11-9-14/h8-11H,4-7,12-13H2,1-3H3,(H,27,34)(H,26,31,33). The van der Waals surface area contributed by atoms with Gasteiger partial charge in [-0.3, -0.25) is 24.0 Å². The molecule has 3 aromatic rings. The number of aromatic nitrogens is 4. The lowest BCUT2D eigenvalue weighted by molar-refractivity contribution is -0.132. The molecule has 0 saturated carbocycles. The molecule has 1 aliphatic heterocycles. The summed E-state index contributed by atoms with van der Waals surface area (Å²) in [6.07, 6.45) is 1.83. The maximum atomic E-state index is 13.5. The third-order valence-electron chi connectivity index (χ3n) is 6.36. The molecule has 11 heteroatoms. The minimum absolute atomic E-state index is 0.183. The van der Waals surface area contributed by atoms with Crippen LogP contribution in [0.25, 0.3) is 11.2 Å². The Morgan fingerprint density at radius 1 is 1.03 bits per heavy atom. The van der Waals surface area contributed by atoms with Crippen molar-refractivity contribution < 1.29 is 14.0 Å². The largest absolute Gasteiger partial charge is 0.330 e. The highest BCUT2D eigenvalue weighted by atomic mass is 19.1. The molecule has 1 atom stereocenters. The minimum atomic E-state index is -1.32. The maximum absolute atomic E-state index is 13.5. The van der Waals surface area contributed by atoms with Crippen molar-refractivity contribution in [3.63, 3.8) is 0 Å². The van der Waals surface area contributed by atoms with E-state index >= 15 is 0 Å². The van der Waals surface area contributed by atoms with Crippen molar-refractivity contribution in [2.24, 2.45) is 0 Å². The first-order chi connectivity index (χ1) is 16.3. The molecule has 2 aromatic heterocycles. The van der Waals surface area contributed by atoms with Crippen molar-refractivity contribution in [1.82, 2.24) is 29.3 Å². The van der Waals surface area contributed by atoms with Crippen molar-refractivity contribution >= 4 is 23.1 Å². The first kappa shape index (κ1) is 23.4. The summed E-state index contributed by atoms with van der Waals surface area (Å²) >= 11 is 0. The lowest BCUT2D eigenvalue weighted by Crippen LogP contribution is -2.43. The van der Waals surface area contributed by atoms with E-state index in [1.54, 1.807) is 11.5 Å². The number of imide groups is 1. The summed E-state index contributed by atoms with van der Waals surface area (Å²) in [5.74, 6) is -0.619. The van der Waals surface area contributed by atoms with E-state index in [1.165, 1.54) is 28.8 Å². The number of benzene rings is 1. The number of imidazole rings is 1. The Hall–Kier alpha value is -3.76. The number of hydrogen-bond acceptors (Lipinski definition) is 5. The summed E-state index contributed by atoms with van der Waals surface area (Å²) < 4.78 is 16.5. The van der Waals surface area contributed by atoms with Gasteiger partial charge >= 0.3 is 11.7 Å². The molecule has 2 N–H and O–H groups in total. The van der Waals surface area contributed by atoms with Gasteiger partial charge in [-0.1, -0.05) is 32.4 Å². The molecule has 0 bridgehead atoms. The number of rotatable bonds is 8. The third-order valence-corrected chi connectivity index (χ3v) is 6.36. The van der Waals surface area contributed by atoms with Gasteiger partial charge in [0, 0.05) is 13.1 Å². The van der Waals surface area contributed by atoms with Gasteiger partial charge in [0.05, 0.1) is 6.54 Å². The number of unbranched alkanes of at least 4 members (excludes halogenated alkanes) is 1. The average Bonchev–Trinajstić information content (AvgIpc) is 3.30. The van der Waals surface area contributed by atoms with Crippen LogP contribution in [0.1, 0.15) is 51.4 Å². The average molecular weight is 471 g/mol. The number of aromatic amines is 1. The highest BCUT2D eigenvalue weighted by Gasteiger charge is 2.51. The molecule has 1 unspecified atom stereocenters. The van der Waals surface area contributed by atoms with Crippen molar-refractivity contribution in [2.75, 3.05) is 0 Å². The number of nitrogens with zero attached hydrogens (tertiary/aromatic N) is 4. The molecule has 1 saturated heterocycles. The highest BCUT2D eigenvalue weighted by molar-refractivity contribution is 6.07. The van der Waals surface area contributed by atoms with Crippen molar-refractivity contribution in [3.05, 3.63) is 62.3 Å². The fraction of sp³-hybridized carbons (Fsp3) is 0.435. The van der Waals surface area contributed by atoms with Gasteiger partial charge in [-0.15, -0.1) is 0 Å². The molecular weight excluding hydrogens is 443 g/mol. The number of carbonyl (C=O) groups excluding carboxylic acids is 2. The smallest absolute Gasteiger partial charge is 0.321 e. The fourth-order valence-electron chi connectivity index (χ4n) is 4.49. The molecule has 1 fully saturated rings. The number of fused-ring (bicyclic) bond motifs is 1. The summed E-state index contributed by atoms with van der Waals surface area (Å²) in [4.78, 5) is 59.4. The SMILES string of the molecule is CCCCn1c(=O)[nH]c(=O)c2c1nc(CN1C(=O)NC(CC)(c3ccc(F)cc3)C1=O)n2CC. The summed E-state index contributed by atoms with van der Waals surface area (Å²) in [5.41, 5.74) is -1.51. The summed E-state index contributed by atoms with van der Waals surface area (Å²) in [6, 6.07) is 4.84. The molecule has 10 nitrogen and oxygen atoms in total. The van der Waals surface area contributed by atoms with Gasteiger partial charge in [0.15, 0.2) is 11.2 Å². The van der Waals surface area contributed by atoms with Crippen LogP contribution >= 0.6 is 0 Å². The van der Waals surface area contributed by atoms with Crippen molar-refractivity contribution in [3.8, 4) is 0 Å². The Morgan fingerprint density at radius 3 is 2.35 bits per heavy atom. The lowest BCUT2D eigenvalue weighted by Gasteiger charge is -2.25. The molecule has 3 amide bonds. The van der Waals surface area contributed by atoms with Crippen molar-refractivity contribution in [1.29, 1.82) is 0 Å². The van der Waals surface area contributed by atoms with Crippen LogP contribution in [0.15, 0.2) is 33.9 Å². The maximum Gasteiger partial charge on any atom is 0.330 e. The Morgan fingerprint density at radius 2 is 1.74 bits per heavy atom. The van der Waals surface area contributed by atoms with Crippen molar-refractivity contribution in [2.45, 2.75) is 65.2 Å². The topological polar surface area (TPSA) is 122 Å². The number of hydrogen-bond donors (Lipinski definition) is 2. The second-order valence-electron chi connectivity index (χ2n) is 8.30. The second kappa shape index (κ2) is 8.88. The van der Waals surface area contributed by atoms with E-state index in [4.69, 9.17) is 0 Å². The van der Waals surface area contributed by atoms with Crippen LogP contribution in [0.2, 0.25) is 0 Å². The molecule has 0 spiro atoms. The summed E-state index contributed by atoms with van der Waals surface area (Å²) in [6.45, 7) is 6.11. The molecule has 180 valence electrons. The van der Waals surface area contributed by atoms with Gasteiger partial charge in [0.1, 0.15) is 17.2 Å². The molecule has 0 aliphatic carbocycles. The summed E-state index contributed by atoms with van der Waals surface area (Å²) in [7, 11) is 0. The molecule has 3 heterocycles. The van der Waals surface area contributed by atoms with Crippen LogP contribution in [0.5, 0.6) is 0 Å². The molecule has 34 heavy (non-hydrogen) atoms. The Balaban J connectivity index is 1.78. The fourth-order valence-corrected chi connectivity index (χ4v) is 4.49. The highest BCUT2D eigenvalue weighted by Crippen LogP contribution is 2.33. The predicted octanol–water partition coefficient (Wildman–Crippen LogP) is 2.20. The second-order valence-corrected chi connectivity index (χ2v) is 8.30. The number of urea groups is 1. The molecule has 1 aromatic carbocycles. The van der Waals surface area contributed by atoms with Gasteiger partial charge in [-0.05, 0) is 37.5 Å². The Bertz CT molecular complexity index is 1370. The zero-order valence-electron chi connectivity index (χ0n) is 19.4. The number of amides is 3. The molecule has 1 aliphatic rings. The van der Waals surface area contributed by atoms with E-state index in [-0.39, 0.29) is 24.1 Å². The first-order valence-electron chi connectivity index (χ1n) is 11.4. The lowest BCUT2D eigenvalue weighted by atomic mass is 9.87. The van der Waals surface area contributed by atoms with E-state index in [0.717, 1.165) is 17.7 Å². The van der Waals surface area contributed by atoms with Crippen LogP contribution in [0, 0.1) is 5.82 Å². The summed E-state index contributed by atoms with van der Waals surface area (Å²) in [5, 5.41) is 2.76. The zero-order chi connectivity index (χ0) is 24.6. The van der Waals surface area contributed by atoms with E-state index in [2.05, 4.69) is 15.3 Å². The van der Waals surface area contributed by atoms with Gasteiger partial charge < -0.3 is 9.88 Å².